The van der Waals surface area contributed by atoms with Crippen LogP contribution >= 0.6 is 31.4 Å². The van der Waals surface area contributed by atoms with E-state index in [1.54, 1.807) is 18.4 Å². The van der Waals surface area contributed by atoms with Crippen molar-refractivity contribution in [3.63, 3.8) is 0 Å². The van der Waals surface area contributed by atoms with Gasteiger partial charge in [0.2, 0.25) is 0 Å². The Kier molecular flexibility index (Phi) is 7.17. The molecule has 0 spiro atoms. The van der Waals surface area contributed by atoms with Gasteiger partial charge in [0.1, 0.15) is 0 Å². The zero-order valence-electron chi connectivity index (χ0n) is 17.8. The van der Waals surface area contributed by atoms with Crippen LogP contribution < -0.4 is 8.27 Å². The molecule has 0 saturated carbocycles. The zero-order valence-corrected chi connectivity index (χ0v) is 20.8. The van der Waals surface area contributed by atoms with Gasteiger partial charge in [-0.2, -0.15) is 0 Å². The van der Waals surface area contributed by atoms with E-state index in [-0.39, 0.29) is 6.10 Å². The number of halogens is 1. The maximum atomic E-state index is 9.52. The average Bonchev–Trinajstić information content (AvgIpc) is 3.41. The molecule has 0 unspecified atom stereocenters. The molecule has 0 atom stereocenters. The normalized spacial score (nSPS) is 14.0. The summed E-state index contributed by atoms with van der Waals surface area (Å²) >= 11 is 0.210. The summed E-state index contributed by atoms with van der Waals surface area (Å²) in [5.41, 5.74) is 4.01. The van der Waals surface area contributed by atoms with Crippen LogP contribution in [0, 0.1) is 14.9 Å². The van der Waals surface area contributed by atoms with Gasteiger partial charge in [-0.1, -0.05) is 0 Å². The van der Waals surface area contributed by atoms with E-state index in [0.717, 1.165) is 35.2 Å². The van der Waals surface area contributed by atoms with Crippen LogP contribution in [-0.2, 0) is 11.2 Å². The van der Waals surface area contributed by atoms with Gasteiger partial charge in [-0.15, -0.1) is 0 Å². The fraction of sp³-hybridized carbons (Fsp3) is 0.348. The first kappa shape index (κ1) is 22.1. The summed E-state index contributed by atoms with van der Waals surface area (Å²) in [6.45, 7) is 5.55. The number of nitrogens with zero attached hydrogens (tertiary/aromatic N) is 3. The van der Waals surface area contributed by atoms with Crippen LogP contribution in [0.3, 0.4) is 0 Å². The molecule has 1 aliphatic rings. The molecule has 2 heterocycles. The number of ether oxygens (including phenoxy) is 2. The minimum atomic E-state index is -1.36. The second kappa shape index (κ2) is 10.0. The number of hydrogen-bond acceptors (Lipinski definition) is 7. The molecule has 162 valence electrons. The predicted octanol–water partition coefficient (Wildman–Crippen LogP) is 4.91. The molecular formula is C23H25IN4O2S. The van der Waals surface area contributed by atoms with Crippen LogP contribution in [0.1, 0.15) is 25.0 Å². The van der Waals surface area contributed by atoms with Crippen molar-refractivity contribution in [1.82, 2.24) is 13.7 Å². The quantitative estimate of drug-likeness (QED) is 0.187. The SMILES string of the molecule is COCCNI1CCc2c(-c3nnc(-c4ccc(OC(C)C)c(C#N)c4)s3)cccc21. The second-order valence-corrected chi connectivity index (χ2v) is 13.4. The molecule has 0 bridgehead atoms. The molecule has 0 amide bonds. The van der Waals surface area contributed by atoms with Crippen molar-refractivity contribution in [1.29, 1.82) is 5.26 Å². The van der Waals surface area contributed by atoms with Gasteiger partial charge in [0.05, 0.1) is 0 Å². The fourth-order valence-corrected chi connectivity index (χ4v) is 9.67. The molecule has 3 aromatic rings. The summed E-state index contributed by atoms with van der Waals surface area (Å²) in [4.78, 5) is 0. The summed E-state index contributed by atoms with van der Waals surface area (Å²) < 4.78 is 17.4. The predicted molar refractivity (Wildman–Crippen MR) is 132 cm³/mol. The van der Waals surface area contributed by atoms with Crippen molar-refractivity contribution in [2.75, 3.05) is 24.7 Å². The summed E-state index contributed by atoms with van der Waals surface area (Å²) in [6.07, 6.45) is 1.11. The Labute approximate surface area is 194 Å². The molecular weight excluding hydrogens is 523 g/mol. The van der Waals surface area contributed by atoms with Crippen LogP contribution in [-0.4, -0.2) is 41.0 Å². The van der Waals surface area contributed by atoms with E-state index in [9.17, 15) is 5.26 Å². The number of alkyl halides is 1. The second-order valence-electron chi connectivity index (χ2n) is 7.34. The first-order valence-corrected chi connectivity index (χ1v) is 14.7. The third-order valence-corrected chi connectivity index (χ3v) is 11.3. The van der Waals surface area contributed by atoms with Gasteiger partial charge >= 0.3 is 181 Å². The Balaban J connectivity index is 1.60. The Morgan fingerprint density at radius 3 is 2.84 bits per heavy atom. The zero-order chi connectivity index (χ0) is 21.8. The van der Waals surface area contributed by atoms with Gasteiger partial charge in [0.15, 0.2) is 0 Å². The number of nitrogens with one attached hydrogen (secondary N) is 1. The van der Waals surface area contributed by atoms with Gasteiger partial charge in [0.25, 0.3) is 0 Å². The van der Waals surface area contributed by atoms with E-state index in [0.29, 0.717) is 11.3 Å². The first-order valence-electron chi connectivity index (χ1n) is 10.2. The number of rotatable bonds is 8. The number of aromatic nitrogens is 2. The summed E-state index contributed by atoms with van der Waals surface area (Å²) in [7, 11) is 1.74. The van der Waals surface area contributed by atoms with E-state index in [4.69, 9.17) is 9.47 Å². The molecule has 2 aromatic carbocycles. The van der Waals surface area contributed by atoms with Gasteiger partial charge in [0, 0.05) is 0 Å². The third-order valence-electron chi connectivity index (χ3n) is 4.83. The monoisotopic (exact) mass is 548 g/mol. The van der Waals surface area contributed by atoms with E-state index >= 15 is 0 Å². The summed E-state index contributed by atoms with van der Waals surface area (Å²) in [5, 5.41) is 20.2. The molecule has 8 heteroatoms. The number of nitriles is 1. The summed E-state index contributed by atoms with van der Waals surface area (Å²) in [6, 6.07) is 14.4. The van der Waals surface area contributed by atoms with Crippen molar-refractivity contribution in [3.8, 4) is 33.0 Å². The standard InChI is InChI=1S/C23H25IN4O2S/c1-15(2)30-21-8-7-16(13-17(21)14-25)22-27-28-23(31-22)19-5-4-6-20-18(19)9-10-24(20)26-11-12-29-3/h4-8,13,15,26H,9-12H2,1-3H3. The van der Waals surface area contributed by atoms with Crippen molar-refractivity contribution >= 4 is 31.4 Å². The van der Waals surface area contributed by atoms with Crippen molar-refractivity contribution in [2.45, 2.75) is 26.4 Å². The van der Waals surface area contributed by atoms with E-state index in [2.05, 4.69) is 38.0 Å². The molecule has 0 fully saturated rings. The molecule has 1 aliphatic heterocycles. The molecule has 1 N–H and O–H groups in total. The maximum absolute atomic E-state index is 9.52. The van der Waals surface area contributed by atoms with Crippen LogP contribution in [0.2, 0.25) is 0 Å². The van der Waals surface area contributed by atoms with Crippen LogP contribution in [0.5, 0.6) is 5.75 Å². The van der Waals surface area contributed by atoms with E-state index < -0.39 is 20.1 Å². The van der Waals surface area contributed by atoms with Gasteiger partial charge in [-0.3, -0.25) is 0 Å². The summed E-state index contributed by atoms with van der Waals surface area (Å²) in [5.74, 6) is 0.601. The van der Waals surface area contributed by atoms with Crippen LogP contribution in [0.15, 0.2) is 36.4 Å². The number of methoxy groups -OCH3 is 1. The third kappa shape index (κ3) is 4.90. The van der Waals surface area contributed by atoms with Crippen molar-refractivity contribution in [2.24, 2.45) is 0 Å². The number of fused-ring (bicyclic) bond motifs is 1. The number of benzene rings is 2. The molecule has 0 aliphatic carbocycles. The average molecular weight is 548 g/mol. The van der Waals surface area contributed by atoms with Crippen LogP contribution in [0.25, 0.3) is 21.1 Å². The first-order chi connectivity index (χ1) is 15.1. The molecule has 1 aromatic heterocycles. The fourth-order valence-electron chi connectivity index (χ4n) is 3.47. The van der Waals surface area contributed by atoms with Crippen LogP contribution in [0.4, 0.5) is 0 Å². The van der Waals surface area contributed by atoms with Gasteiger partial charge in [-0.05, 0) is 13.8 Å². The molecule has 6 nitrogen and oxygen atoms in total. The van der Waals surface area contributed by atoms with E-state index in [1.807, 2.05) is 32.0 Å². The Bertz CT molecular complexity index is 1110. The molecule has 0 radical (unpaired) electrons. The topological polar surface area (TPSA) is 80.1 Å². The Morgan fingerprint density at radius 1 is 1.23 bits per heavy atom. The number of hydrogen-bond donors (Lipinski definition) is 1. The molecule has 4 rings (SSSR count). The minimum absolute atomic E-state index is 0.0167. The van der Waals surface area contributed by atoms with Gasteiger partial charge in [-0.25, -0.2) is 0 Å². The Hall–Kier alpha value is -2.06. The molecule has 0 saturated heterocycles. The van der Waals surface area contributed by atoms with Crippen molar-refractivity contribution < 1.29 is 9.47 Å². The molecule has 31 heavy (non-hydrogen) atoms. The van der Waals surface area contributed by atoms with E-state index in [1.165, 1.54) is 19.1 Å². The van der Waals surface area contributed by atoms with Crippen molar-refractivity contribution in [3.05, 3.63) is 51.1 Å². The Morgan fingerprint density at radius 2 is 2.06 bits per heavy atom. The van der Waals surface area contributed by atoms with Gasteiger partial charge < -0.3 is 0 Å².